The highest BCUT2D eigenvalue weighted by Gasteiger charge is 2.46. The van der Waals surface area contributed by atoms with Gasteiger partial charge in [0.2, 0.25) is 0 Å². The Labute approximate surface area is 277 Å². The third kappa shape index (κ3) is 6.92. The summed E-state index contributed by atoms with van der Waals surface area (Å²) in [7, 11) is -3.83. The third-order valence-corrected chi connectivity index (χ3v) is 10.0. The van der Waals surface area contributed by atoms with E-state index < -0.39 is 56.0 Å². The zero-order valence-corrected chi connectivity index (χ0v) is 27.4. The summed E-state index contributed by atoms with van der Waals surface area (Å²) in [5.41, 5.74) is 0.597. The number of benzene rings is 2. The summed E-state index contributed by atoms with van der Waals surface area (Å²) in [4.78, 5) is 22.4. The van der Waals surface area contributed by atoms with Gasteiger partial charge in [-0.2, -0.15) is 0 Å². The summed E-state index contributed by atoms with van der Waals surface area (Å²) in [6.07, 6.45) is -3.72. The van der Waals surface area contributed by atoms with Crippen LogP contribution in [0.5, 0.6) is 0 Å². The molecule has 0 saturated carbocycles. The van der Waals surface area contributed by atoms with Gasteiger partial charge in [0.05, 0.1) is 32.5 Å². The molecule has 4 heterocycles. The van der Waals surface area contributed by atoms with E-state index in [4.69, 9.17) is 18.7 Å². The van der Waals surface area contributed by atoms with Gasteiger partial charge in [-0.1, -0.05) is 42.5 Å². The number of aliphatic hydroxyl groups is 3. The van der Waals surface area contributed by atoms with Gasteiger partial charge >= 0.3 is 7.67 Å². The van der Waals surface area contributed by atoms with Crippen molar-refractivity contribution in [2.24, 2.45) is 0 Å². The molecule has 5 N–H and O–H groups in total. The van der Waals surface area contributed by atoms with E-state index in [2.05, 4.69) is 42.7 Å². The maximum atomic E-state index is 14.0. The van der Waals surface area contributed by atoms with Crippen LogP contribution >= 0.6 is 23.6 Å². The molecule has 0 aliphatic carbocycles. The van der Waals surface area contributed by atoms with Crippen LogP contribution in [0.25, 0.3) is 11.2 Å². The fraction of sp³-hybridized carbons (Fsp3) is 0.367. The molecule has 2 aliphatic heterocycles. The molecule has 250 valence electrons. The summed E-state index contributed by atoms with van der Waals surface area (Å²) in [5.74, 6) is 0. The van der Waals surface area contributed by atoms with Crippen LogP contribution in [0.15, 0.2) is 89.2 Å². The molecule has 2 saturated heterocycles. The molecule has 0 amide bonds. The normalized spacial score (nSPS) is 26.1. The highest BCUT2D eigenvalue weighted by molar-refractivity contribution is 9.10. The Morgan fingerprint density at radius 1 is 1.06 bits per heavy atom. The summed E-state index contributed by atoms with van der Waals surface area (Å²) in [6, 6.07) is 17.1. The first kappa shape index (κ1) is 33.5. The largest absolute Gasteiger partial charge is 0.394 e. The highest BCUT2D eigenvalue weighted by atomic mass is 79.9. The second-order valence-corrected chi connectivity index (χ2v) is 13.5. The molecule has 0 spiro atoms. The van der Waals surface area contributed by atoms with Gasteiger partial charge in [0.1, 0.15) is 36.8 Å². The Balaban J connectivity index is 1.23. The van der Waals surface area contributed by atoms with Gasteiger partial charge in [-0.15, -0.1) is 6.58 Å². The number of fused-ring (bicyclic) bond motifs is 1. The number of para-hydroxylation sites is 2. The first-order valence-electron chi connectivity index (χ1n) is 14.8. The smallest absolute Gasteiger partial charge is 0.391 e. The highest BCUT2D eigenvalue weighted by Crippen LogP contribution is 2.47. The number of halogens is 1. The predicted octanol–water partition coefficient (Wildman–Crippen LogP) is 2.83. The van der Waals surface area contributed by atoms with E-state index in [-0.39, 0.29) is 42.3 Å². The maximum absolute atomic E-state index is 14.0. The van der Waals surface area contributed by atoms with Gasteiger partial charge in [-0.3, -0.25) is 28.6 Å². The summed E-state index contributed by atoms with van der Waals surface area (Å²) < 4.78 is 40.1. The van der Waals surface area contributed by atoms with E-state index in [9.17, 15) is 24.7 Å². The summed E-state index contributed by atoms with van der Waals surface area (Å²) in [6.45, 7) is 3.26. The molecule has 4 aromatic rings. The number of aromatic nitrogens is 4. The second kappa shape index (κ2) is 14.4. The van der Waals surface area contributed by atoms with Gasteiger partial charge in [0, 0.05) is 11.4 Å². The van der Waals surface area contributed by atoms with Crippen LogP contribution in [0.1, 0.15) is 12.3 Å². The van der Waals surface area contributed by atoms with Crippen molar-refractivity contribution in [1.82, 2.24) is 19.1 Å². The number of nitrogens with zero attached hydrogens (tertiary/aromatic N) is 4. The predicted molar refractivity (Wildman–Crippen MR) is 175 cm³/mol. The van der Waals surface area contributed by atoms with Gasteiger partial charge < -0.3 is 29.5 Å². The molecule has 15 nitrogen and oxygen atoms in total. The van der Waals surface area contributed by atoms with E-state index in [1.807, 2.05) is 12.1 Å². The molecule has 2 fully saturated rings. The lowest BCUT2D eigenvalue weighted by Gasteiger charge is -2.24. The zero-order chi connectivity index (χ0) is 33.1. The van der Waals surface area contributed by atoms with Crippen LogP contribution in [-0.4, -0.2) is 91.4 Å². The van der Waals surface area contributed by atoms with Crippen LogP contribution in [0, 0.1) is 0 Å². The van der Waals surface area contributed by atoms with Crippen molar-refractivity contribution < 1.29 is 38.6 Å². The Bertz CT molecular complexity index is 1750. The van der Waals surface area contributed by atoms with Crippen molar-refractivity contribution in [1.29, 1.82) is 0 Å². The van der Waals surface area contributed by atoms with Gasteiger partial charge in [0.25, 0.3) is 5.56 Å². The number of rotatable bonds is 13. The Kier molecular flexibility index (Phi) is 10.2. The monoisotopic (exact) mass is 732 g/mol. The van der Waals surface area contributed by atoms with Crippen molar-refractivity contribution in [2.75, 3.05) is 36.6 Å². The maximum Gasteiger partial charge on any atom is 0.391 e. The number of aliphatic hydroxyl groups excluding tert-OH is 3. The topological polar surface area (TPSA) is 191 Å². The van der Waals surface area contributed by atoms with E-state index in [0.29, 0.717) is 11.4 Å². The molecule has 0 radical (unpaired) electrons. The molecular weight excluding hydrogens is 699 g/mol. The first-order valence-corrected chi connectivity index (χ1v) is 17.2. The van der Waals surface area contributed by atoms with Gasteiger partial charge in [0.15, 0.2) is 22.1 Å². The van der Waals surface area contributed by atoms with Gasteiger partial charge in [-0.05, 0) is 40.2 Å². The van der Waals surface area contributed by atoms with Crippen molar-refractivity contribution in [3.05, 3.63) is 94.7 Å². The molecule has 2 aromatic carbocycles. The number of anilines is 2. The average molecular weight is 734 g/mol. The van der Waals surface area contributed by atoms with E-state index in [0.717, 1.165) is 0 Å². The Morgan fingerprint density at radius 3 is 2.34 bits per heavy atom. The minimum atomic E-state index is -3.83. The summed E-state index contributed by atoms with van der Waals surface area (Å²) >= 11 is 3.34. The van der Waals surface area contributed by atoms with E-state index in [1.54, 1.807) is 54.6 Å². The molecule has 6 rings (SSSR count). The molecular formula is C30H34BrN6O9P. The van der Waals surface area contributed by atoms with Crippen LogP contribution in [0.2, 0.25) is 0 Å². The van der Waals surface area contributed by atoms with Crippen LogP contribution < -0.4 is 15.7 Å². The lowest BCUT2D eigenvalue weighted by Crippen LogP contribution is -2.38. The van der Waals surface area contributed by atoms with Crippen LogP contribution in [0.4, 0.5) is 11.4 Å². The molecule has 7 atom stereocenters. The minimum absolute atomic E-state index is 0.0390. The number of ether oxygens (including phenoxy) is 3. The van der Waals surface area contributed by atoms with Crippen LogP contribution in [0.3, 0.4) is 0 Å². The third-order valence-electron chi connectivity index (χ3n) is 7.87. The molecule has 47 heavy (non-hydrogen) atoms. The van der Waals surface area contributed by atoms with E-state index in [1.165, 1.54) is 15.5 Å². The lowest BCUT2D eigenvalue weighted by molar-refractivity contribution is -0.0480. The van der Waals surface area contributed by atoms with Crippen LogP contribution in [-0.2, 0) is 23.3 Å². The molecule has 17 heteroatoms. The quantitative estimate of drug-likeness (QED) is 0.0767. The molecule has 0 unspecified atom stereocenters. The lowest BCUT2D eigenvalue weighted by atomic mass is 10.1. The minimum Gasteiger partial charge on any atom is -0.394 e. The fourth-order valence-corrected chi connectivity index (χ4v) is 7.65. The van der Waals surface area contributed by atoms with Gasteiger partial charge in [-0.25, -0.2) is 14.5 Å². The number of hydrogen-bond acceptors (Lipinski definition) is 11. The SMILES string of the molecule is C=CCO[C@H]1[C@H](n2cnc3c(nc(Br)n3[C@@H]3O[C@H](COP(=O)(Nc4ccccc4)Nc4ccccc4)[C@@H](O)[C@H]3O)c2=O)CO[C@@H]1CO. The second-order valence-electron chi connectivity index (χ2n) is 10.9. The zero-order valence-electron chi connectivity index (χ0n) is 24.9. The standard InChI is InChI=1S/C30H34BrN6O9P/c1-2-13-43-26-20(15-44-21(26)14-38)36-17-32-27-23(28(36)41)33-30(31)37(27)29-25(40)24(39)22(46-29)16-45-47(42,34-18-9-5-3-6-10-18)35-19-11-7-4-8-12-19/h2-12,17,20-22,24-26,29,38-40H,1,13-16H2,(H2,34,35,42)/t20-,21-,22-,24-,25-,26+,29-/m1/s1. The number of nitrogens with one attached hydrogen (secondary N) is 2. The summed E-state index contributed by atoms with van der Waals surface area (Å²) in [5, 5.41) is 37.6. The Morgan fingerprint density at radius 2 is 1.72 bits per heavy atom. The molecule has 2 aromatic heterocycles. The Hall–Kier alpha value is -3.44. The molecule has 2 aliphatic rings. The van der Waals surface area contributed by atoms with Crippen molar-refractivity contribution in [3.63, 3.8) is 0 Å². The van der Waals surface area contributed by atoms with E-state index >= 15 is 0 Å². The number of hydrogen-bond donors (Lipinski definition) is 5. The number of imidazole rings is 1. The van der Waals surface area contributed by atoms with Crippen molar-refractivity contribution in [2.45, 2.75) is 42.8 Å². The molecule has 0 bridgehead atoms. The van der Waals surface area contributed by atoms with Crippen molar-refractivity contribution >= 4 is 46.1 Å². The average Bonchev–Trinajstić information content (AvgIpc) is 3.72. The fourth-order valence-electron chi connectivity index (χ4n) is 5.59. The first-order chi connectivity index (χ1) is 22.7. The van der Waals surface area contributed by atoms with Crippen molar-refractivity contribution in [3.8, 4) is 0 Å².